The van der Waals surface area contributed by atoms with Crippen molar-refractivity contribution in [1.82, 2.24) is 4.31 Å². The summed E-state index contributed by atoms with van der Waals surface area (Å²) in [5.41, 5.74) is 2.89. The first-order valence-electron chi connectivity index (χ1n) is 6.15. The Bertz CT molecular complexity index is 516. The van der Waals surface area contributed by atoms with Crippen molar-refractivity contribution in [1.29, 1.82) is 0 Å². The van der Waals surface area contributed by atoms with Crippen LogP contribution in [0.3, 0.4) is 0 Å². The molecule has 1 aliphatic rings. The van der Waals surface area contributed by atoms with Gasteiger partial charge in [-0.2, -0.15) is 4.31 Å². The van der Waals surface area contributed by atoms with Crippen LogP contribution in [0.15, 0.2) is 29.2 Å². The number of nitrogens with one attached hydrogen (secondary N) is 1. The summed E-state index contributed by atoms with van der Waals surface area (Å²) in [7, 11) is -3.43. The lowest BCUT2D eigenvalue weighted by Gasteiger charge is -2.18. The fourth-order valence-corrected chi connectivity index (χ4v) is 3.98. The minimum atomic E-state index is -3.43. The van der Waals surface area contributed by atoms with Gasteiger partial charge < -0.3 is 5.43 Å². The molecule has 18 heavy (non-hydrogen) atoms. The molecular weight excluding hydrogens is 250 g/mol. The number of nitrogens with zero attached hydrogens (tertiary/aromatic N) is 1. The topological polar surface area (TPSA) is 75.4 Å². The Morgan fingerprint density at radius 1 is 1.44 bits per heavy atom. The van der Waals surface area contributed by atoms with Crippen molar-refractivity contribution in [3.05, 3.63) is 24.3 Å². The van der Waals surface area contributed by atoms with E-state index in [9.17, 15) is 8.42 Å². The van der Waals surface area contributed by atoms with Crippen molar-refractivity contribution in [2.24, 2.45) is 11.8 Å². The predicted molar refractivity (Wildman–Crippen MR) is 71.4 cm³/mol. The summed E-state index contributed by atoms with van der Waals surface area (Å²) in [6, 6.07) is 6.72. The van der Waals surface area contributed by atoms with Crippen LogP contribution in [-0.2, 0) is 10.0 Å². The highest BCUT2D eigenvalue weighted by atomic mass is 32.2. The zero-order valence-corrected chi connectivity index (χ0v) is 11.3. The molecule has 1 heterocycles. The lowest BCUT2D eigenvalue weighted by atomic mass is 10.1. The van der Waals surface area contributed by atoms with Crippen LogP contribution in [0.2, 0.25) is 0 Å². The van der Waals surface area contributed by atoms with Crippen LogP contribution in [0.1, 0.15) is 19.8 Å². The van der Waals surface area contributed by atoms with E-state index in [0.717, 1.165) is 12.8 Å². The van der Waals surface area contributed by atoms with Gasteiger partial charge in [-0.25, -0.2) is 8.42 Å². The zero-order chi connectivity index (χ0) is 13.2. The molecule has 1 aliphatic heterocycles. The van der Waals surface area contributed by atoms with Gasteiger partial charge in [-0.15, -0.1) is 0 Å². The lowest BCUT2D eigenvalue weighted by molar-refractivity contribution is 0.453. The maximum Gasteiger partial charge on any atom is 0.245 e. The number of anilines is 1. The Morgan fingerprint density at radius 2 is 2.17 bits per heavy atom. The highest BCUT2D eigenvalue weighted by Crippen LogP contribution is 2.29. The molecule has 0 saturated carbocycles. The Balaban J connectivity index is 2.31. The van der Waals surface area contributed by atoms with Crippen LogP contribution in [0.5, 0.6) is 0 Å². The van der Waals surface area contributed by atoms with Crippen molar-refractivity contribution in [2.75, 3.05) is 18.5 Å². The minimum absolute atomic E-state index is 0.254. The molecule has 1 atom stereocenters. The molecule has 0 amide bonds. The van der Waals surface area contributed by atoms with Crippen molar-refractivity contribution < 1.29 is 8.42 Å². The summed E-state index contributed by atoms with van der Waals surface area (Å²) in [6.45, 7) is 3.30. The number of para-hydroxylation sites is 1. The number of sulfonamides is 1. The second-order valence-electron chi connectivity index (χ2n) is 4.57. The van der Waals surface area contributed by atoms with E-state index in [4.69, 9.17) is 5.84 Å². The maximum atomic E-state index is 12.5. The Kier molecular flexibility index (Phi) is 3.89. The van der Waals surface area contributed by atoms with E-state index >= 15 is 0 Å². The number of hydrazine groups is 1. The molecule has 6 heteroatoms. The fourth-order valence-electron chi connectivity index (χ4n) is 2.30. The third kappa shape index (κ3) is 2.36. The van der Waals surface area contributed by atoms with Gasteiger partial charge in [0.1, 0.15) is 4.90 Å². The zero-order valence-electron chi connectivity index (χ0n) is 10.5. The van der Waals surface area contributed by atoms with Crippen LogP contribution in [0.4, 0.5) is 5.69 Å². The highest BCUT2D eigenvalue weighted by Gasteiger charge is 2.32. The van der Waals surface area contributed by atoms with E-state index in [2.05, 4.69) is 12.3 Å². The average Bonchev–Trinajstić information content (AvgIpc) is 2.88. The summed E-state index contributed by atoms with van der Waals surface area (Å²) in [5.74, 6) is 5.84. The molecule has 0 radical (unpaired) electrons. The van der Waals surface area contributed by atoms with Gasteiger partial charge in [0.05, 0.1) is 5.69 Å². The second kappa shape index (κ2) is 5.26. The van der Waals surface area contributed by atoms with E-state index in [1.165, 1.54) is 0 Å². The number of nitrogen functional groups attached to an aromatic ring is 1. The minimum Gasteiger partial charge on any atom is -0.323 e. The molecule has 0 aromatic heterocycles. The van der Waals surface area contributed by atoms with E-state index in [1.54, 1.807) is 28.6 Å². The van der Waals surface area contributed by atoms with Gasteiger partial charge in [0, 0.05) is 13.1 Å². The second-order valence-corrected chi connectivity index (χ2v) is 6.47. The van der Waals surface area contributed by atoms with E-state index in [-0.39, 0.29) is 4.90 Å². The first-order chi connectivity index (χ1) is 8.59. The SMILES string of the molecule is CCC1CCN(S(=O)(=O)c2ccccc2NN)C1. The molecule has 1 fully saturated rings. The molecule has 0 bridgehead atoms. The molecule has 100 valence electrons. The highest BCUT2D eigenvalue weighted by molar-refractivity contribution is 7.89. The average molecular weight is 269 g/mol. The molecular formula is C12H19N3O2S. The number of rotatable bonds is 4. The van der Waals surface area contributed by atoms with E-state index < -0.39 is 10.0 Å². The molecule has 0 spiro atoms. The number of hydrogen-bond donors (Lipinski definition) is 2. The number of benzene rings is 1. The summed E-state index contributed by atoms with van der Waals surface area (Å²) in [5, 5.41) is 0. The van der Waals surface area contributed by atoms with Crippen LogP contribution >= 0.6 is 0 Å². The molecule has 5 nitrogen and oxygen atoms in total. The largest absolute Gasteiger partial charge is 0.323 e. The van der Waals surface area contributed by atoms with Gasteiger partial charge in [0.2, 0.25) is 10.0 Å². The fraction of sp³-hybridized carbons (Fsp3) is 0.500. The molecule has 1 unspecified atom stereocenters. The van der Waals surface area contributed by atoms with Crippen LogP contribution in [0, 0.1) is 5.92 Å². The monoisotopic (exact) mass is 269 g/mol. The summed E-state index contributed by atoms with van der Waals surface area (Å²) in [6.07, 6.45) is 1.96. The molecule has 0 aliphatic carbocycles. The molecule has 3 N–H and O–H groups in total. The van der Waals surface area contributed by atoms with Gasteiger partial charge >= 0.3 is 0 Å². The van der Waals surface area contributed by atoms with Crippen LogP contribution in [-0.4, -0.2) is 25.8 Å². The van der Waals surface area contributed by atoms with Gasteiger partial charge in [-0.1, -0.05) is 25.5 Å². The Hall–Kier alpha value is -1.11. The Morgan fingerprint density at radius 3 is 2.78 bits per heavy atom. The molecule has 2 rings (SSSR count). The quantitative estimate of drug-likeness (QED) is 0.640. The summed E-state index contributed by atoms with van der Waals surface area (Å²) >= 11 is 0. The standard InChI is InChI=1S/C12H19N3O2S/c1-2-10-7-8-15(9-10)18(16,17)12-6-4-3-5-11(12)14-13/h3-6,10,14H,2,7-9,13H2,1H3. The van der Waals surface area contributed by atoms with Gasteiger partial charge in [-0.3, -0.25) is 5.84 Å². The molecule has 1 aromatic carbocycles. The summed E-state index contributed by atoms with van der Waals surface area (Å²) in [4.78, 5) is 0.254. The van der Waals surface area contributed by atoms with Crippen LogP contribution in [0.25, 0.3) is 0 Å². The normalized spacial score (nSPS) is 21.1. The summed E-state index contributed by atoms with van der Waals surface area (Å²) < 4.78 is 26.6. The third-order valence-electron chi connectivity index (χ3n) is 3.49. The van der Waals surface area contributed by atoms with Crippen molar-refractivity contribution >= 4 is 15.7 Å². The first-order valence-corrected chi connectivity index (χ1v) is 7.59. The van der Waals surface area contributed by atoms with Gasteiger partial charge in [0.25, 0.3) is 0 Å². The van der Waals surface area contributed by atoms with E-state index in [1.807, 2.05) is 0 Å². The molecule has 1 saturated heterocycles. The Labute approximate surface area is 108 Å². The van der Waals surface area contributed by atoms with Crippen molar-refractivity contribution in [3.8, 4) is 0 Å². The van der Waals surface area contributed by atoms with Crippen LogP contribution < -0.4 is 11.3 Å². The molecule has 1 aromatic rings. The number of hydrogen-bond acceptors (Lipinski definition) is 4. The lowest BCUT2D eigenvalue weighted by Crippen LogP contribution is -2.29. The van der Waals surface area contributed by atoms with E-state index in [0.29, 0.717) is 24.7 Å². The van der Waals surface area contributed by atoms with Crippen molar-refractivity contribution in [2.45, 2.75) is 24.7 Å². The van der Waals surface area contributed by atoms with Crippen molar-refractivity contribution in [3.63, 3.8) is 0 Å². The van der Waals surface area contributed by atoms with Gasteiger partial charge in [0.15, 0.2) is 0 Å². The predicted octanol–water partition coefficient (Wildman–Crippen LogP) is 1.39. The van der Waals surface area contributed by atoms with Gasteiger partial charge in [-0.05, 0) is 24.5 Å². The first kappa shape index (κ1) is 13.3. The third-order valence-corrected chi connectivity index (χ3v) is 5.41. The number of nitrogens with two attached hydrogens (primary N) is 1. The smallest absolute Gasteiger partial charge is 0.245 e. The maximum absolute atomic E-state index is 12.5.